The van der Waals surface area contributed by atoms with E-state index >= 15 is 0 Å². The van der Waals surface area contributed by atoms with Crippen LogP contribution < -0.4 is 4.72 Å². The Morgan fingerprint density at radius 1 is 1.47 bits per heavy atom. The number of thiazole rings is 1. The van der Waals surface area contributed by atoms with Gasteiger partial charge in [0, 0.05) is 9.85 Å². The standard InChI is InChI=1S/C11H10BrFN2O2S2/c1-7-15-9(6-18-7)5-14-19(16,17)11-3-2-8(13)4-10(11)12/h2-4,6,14H,5H2,1H3. The molecule has 1 aromatic heterocycles. The number of rotatable bonds is 4. The Labute approximate surface area is 122 Å². The SMILES string of the molecule is Cc1nc(CNS(=O)(=O)c2ccc(F)cc2Br)cs1. The van der Waals surface area contributed by atoms with E-state index in [2.05, 4.69) is 25.6 Å². The second-order valence-electron chi connectivity index (χ2n) is 3.76. The maximum atomic E-state index is 12.9. The van der Waals surface area contributed by atoms with Crippen molar-refractivity contribution in [2.24, 2.45) is 0 Å². The van der Waals surface area contributed by atoms with Gasteiger partial charge in [0.2, 0.25) is 10.0 Å². The molecule has 0 aliphatic carbocycles. The van der Waals surface area contributed by atoms with Crippen LogP contribution in [0.25, 0.3) is 0 Å². The number of aromatic nitrogens is 1. The van der Waals surface area contributed by atoms with E-state index in [4.69, 9.17) is 0 Å². The lowest BCUT2D eigenvalue weighted by molar-refractivity contribution is 0.579. The van der Waals surface area contributed by atoms with Crippen molar-refractivity contribution in [1.82, 2.24) is 9.71 Å². The molecule has 4 nitrogen and oxygen atoms in total. The van der Waals surface area contributed by atoms with Crippen molar-refractivity contribution in [3.05, 3.63) is 44.6 Å². The molecule has 2 aromatic rings. The molecule has 1 aromatic carbocycles. The minimum Gasteiger partial charge on any atom is -0.245 e. The van der Waals surface area contributed by atoms with Gasteiger partial charge in [0.15, 0.2) is 0 Å². The van der Waals surface area contributed by atoms with E-state index < -0.39 is 15.8 Å². The van der Waals surface area contributed by atoms with Crippen molar-refractivity contribution in [2.75, 3.05) is 0 Å². The highest BCUT2D eigenvalue weighted by Crippen LogP contribution is 2.22. The second kappa shape index (κ2) is 5.66. The third-order valence-corrected chi connectivity index (χ3v) is 5.49. The summed E-state index contributed by atoms with van der Waals surface area (Å²) in [5.74, 6) is -0.499. The zero-order chi connectivity index (χ0) is 14.0. The highest BCUT2D eigenvalue weighted by Gasteiger charge is 2.18. The fourth-order valence-electron chi connectivity index (χ4n) is 1.43. The first-order chi connectivity index (χ1) is 8.88. The average Bonchev–Trinajstić information content (AvgIpc) is 2.72. The third kappa shape index (κ3) is 3.59. The molecule has 102 valence electrons. The number of sulfonamides is 1. The van der Waals surface area contributed by atoms with Gasteiger partial charge in [0.05, 0.1) is 22.1 Å². The minimum atomic E-state index is -3.70. The summed E-state index contributed by atoms with van der Waals surface area (Å²) >= 11 is 4.49. The predicted molar refractivity (Wildman–Crippen MR) is 75.0 cm³/mol. The van der Waals surface area contributed by atoms with Crippen molar-refractivity contribution in [1.29, 1.82) is 0 Å². The average molecular weight is 365 g/mol. The van der Waals surface area contributed by atoms with Crippen LogP contribution in [-0.2, 0) is 16.6 Å². The highest BCUT2D eigenvalue weighted by atomic mass is 79.9. The van der Waals surface area contributed by atoms with Crippen molar-refractivity contribution in [3.63, 3.8) is 0 Å². The number of nitrogens with zero attached hydrogens (tertiary/aromatic N) is 1. The molecule has 0 bridgehead atoms. The summed E-state index contributed by atoms with van der Waals surface area (Å²) in [5, 5.41) is 2.66. The molecular formula is C11H10BrFN2O2S2. The van der Waals surface area contributed by atoms with Crippen molar-refractivity contribution in [2.45, 2.75) is 18.4 Å². The van der Waals surface area contributed by atoms with E-state index in [-0.39, 0.29) is 15.9 Å². The molecule has 19 heavy (non-hydrogen) atoms. The fourth-order valence-corrected chi connectivity index (χ4v) is 4.09. The summed E-state index contributed by atoms with van der Waals surface area (Å²) in [6.45, 7) is 1.95. The Balaban J connectivity index is 2.18. The van der Waals surface area contributed by atoms with Crippen molar-refractivity contribution >= 4 is 37.3 Å². The second-order valence-corrected chi connectivity index (χ2v) is 7.41. The van der Waals surface area contributed by atoms with Crippen LogP contribution in [0, 0.1) is 12.7 Å². The van der Waals surface area contributed by atoms with Crippen LogP contribution in [0.5, 0.6) is 0 Å². The quantitative estimate of drug-likeness (QED) is 0.907. The Morgan fingerprint density at radius 3 is 2.79 bits per heavy atom. The van der Waals surface area contributed by atoms with Gasteiger partial charge in [0.25, 0.3) is 0 Å². The molecule has 1 N–H and O–H groups in total. The molecule has 0 unspecified atom stereocenters. The van der Waals surface area contributed by atoms with Gasteiger partial charge in [-0.15, -0.1) is 11.3 Å². The van der Waals surface area contributed by atoms with E-state index in [9.17, 15) is 12.8 Å². The van der Waals surface area contributed by atoms with Gasteiger partial charge in [0.1, 0.15) is 5.82 Å². The highest BCUT2D eigenvalue weighted by molar-refractivity contribution is 9.10. The Bertz CT molecular complexity index is 700. The smallest absolute Gasteiger partial charge is 0.242 e. The van der Waals surface area contributed by atoms with Crippen LogP contribution in [0.2, 0.25) is 0 Å². The van der Waals surface area contributed by atoms with Gasteiger partial charge in [-0.2, -0.15) is 0 Å². The van der Waals surface area contributed by atoms with Gasteiger partial charge in [-0.1, -0.05) is 0 Å². The Morgan fingerprint density at radius 2 is 2.21 bits per heavy atom. The largest absolute Gasteiger partial charge is 0.245 e. The number of benzene rings is 1. The van der Waals surface area contributed by atoms with Gasteiger partial charge < -0.3 is 0 Å². The summed E-state index contributed by atoms with van der Waals surface area (Å²) in [6.07, 6.45) is 0. The van der Waals surface area contributed by atoms with E-state index in [1.54, 1.807) is 5.38 Å². The van der Waals surface area contributed by atoms with Crippen LogP contribution in [0.1, 0.15) is 10.7 Å². The number of hydrogen-bond acceptors (Lipinski definition) is 4. The van der Waals surface area contributed by atoms with Crippen LogP contribution in [0.4, 0.5) is 4.39 Å². The molecule has 0 amide bonds. The summed E-state index contributed by atoms with van der Waals surface area (Å²) in [6, 6.07) is 3.43. The molecule has 8 heteroatoms. The summed E-state index contributed by atoms with van der Waals surface area (Å²) in [4.78, 5) is 4.16. The summed E-state index contributed by atoms with van der Waals surface area (Å²) < 4.78 is 39.7. The van der Waals surface area contributed by atoms with Crippen LogP contribution in [0.3, 0.4) is 0 Å². The Hall–Kier alpha value is -0.830. The first-order valence-electron chi connectivity index (χ1n) is 5.24. The lowest BCUT2D eigenvalue weighted by atomic mass is 10.3. The zero-order valence-electron chi connectivity index (χ0n) is 9.85. The predicted octanol–water partition coefficient (Wildman–Crippen LogP) is 2.83. The van der Waals surface area contributed by atoms with Gasteiger partial charge in [-0.25, -0.2) is 22.5 Å². The first kappa shape index (κ1) is 14.6. The number of halogens is 2. The summed E-state index contributed by atoms with van der Waals surface area (Å²) in [7, 11) is -3.70. The van der Waals surface area contributed by atoms with Crippen molar-refractivity contribution < 1.29 is 12.8 Å². The molecule has 0 atom stereocenters. The summed E-state index contributed by atoms with van der Waals surface area (Å²) in [5.41, 5.74) is 0.657. The van der Waals surface area contributed by atoms with Crippen LogP contribution in [-0.4, -0.2) is 13.4 Å². The number of aryl methyl sites for hydroxylation is 1. The van der Waals surface area contributed by atoms with E-state index in [0.717, 1.165) is 17.1 Å². The van der Waals surface area contributed by atoms with Gasteiger partial charge >= 0.3 is 0 Å². The Kier molecular flexibility index (Phi) is 4.34. The van der Waals surface area contributed by atoms with Gasteiger partial charge in [-0.05, 0) is 41.1 Å². The number of hydrogen-bond donors (Lipinski definition) is 1. The van der Waals surface area contributed by atoms with Crippen LogP contribution in [0.15, 0.2) is 32.9 Å². The molecule has 0 saturated heterocycles. The normalized spacial score (nSPS) is 11.7. The third-order valence-electron chi connectivity index (χ3n) is 2.29. The van der Waals surface area contributed by atoms with Gasteiger partial charge in [-0.3, -0.25) is 0 Å². The molecule has 0 aliphatic rings. The maximum Gasteiger partial charge on any atom is 0.242 e. The lowest BCUT2D eigenvalue weighted by Crippen LogP contribution is -2.23. The molecule has 2 rings (SSSR count). The topological polar surface area (TPSA) is 59.1 Å². The van der Waals surface area contributed by atoms with E-state index in [0.29, 0.717) is 5.69 Å². The van der Waals surface area contributed by atoms with E-state index in [1.165, 1.54) is 17.4 Å². The molecule has 0 aliphatic heterocycles. The minimum absolute atomic E-state index is 0.000788. The zero-order valence-corrected chi connectivity index (χ0v) is 13.1. The maximum absolute atomic E-state index is 12.9. The van der Waals surface area contributed by atoms with E-state index in [1.807, 2.05) is 6.92 Å². The fraction of sp³-hybridized carbons (Fsp3) is 0.182. The molecule has 0 radical (unpaired) electrons. The van der Waals surface area contributed by atoms with Crippen molar-refractivity contribution in [3.8, 4) is 0 Å². The lowest BCUT2D eigenvalue weighted by Gasteiger charge is -2.07. The molecular weight excluding hydrogens is 355 g/mol. The molecule has 0 saturated carbocycles. The molecule has 1 heterocycles. The number of nitrogens with one attached hydrogen (secondary N) is 1. The molecule has 0 spiro atoms. The van der Waals surface area contributed by atoms with Crippen LogP contribution >= 0.6 is 27.3 Å². The first-order valence-corrected chi connectivity index (χ1v) is 8.40. The monoisotopic (exact) mass is 364 g/mol. The molecule has 0 fully saturated rings.